The van der Waals surface area contributed by atoms with Crippen molar-refractivity contribution in [2.75, 3.05) is 32.7 Å². The fourth-order valence-corrected chi connectivity index (χ4v) is 5.95. The standard InChI is InChI=1S/C23H39N3O4S/c1-15-13-26(14-16(2)30-15)12-8-10-24-22(27)9-11-25-31(28,29)23-20(6)18(4)17(3)19(5)21(23)7/h15-16,25H,8-14H2,1-7H3,(H,24,27). The maximum atomic E-state index is 12.9. The van der Waals surface area contributed by atoms with Gasteiger partial charge in [0.05, 0.1) is 17.1 Å². The van der Waals surface area contributed by atoms with Gasteiger partial charge in [0.1, 0.15) is 0 Å². The molecular weight excluding hydrogens is 414 g/mol. The molecule has 0 spiro atoms. The van der Waals surface area contributed by atoms with E-state index in [1.165, 1.54) is 0 Å². The smallest absolute Gasteiger partial charge is 0.241 e. The van der Waals surface area contributed by atoms with Crippen LogP contribution in [0.5, 0.6) is 0 Å². The third-order valence-electron chi connectivity index (χ3n) is 6.31. The first-order valence-corrected chi connectivity index (χ1v) is 12.6. The fraction of sp³-hybridized carbons (Fsp3) is 0.696. The number of ether oxygens (including phenoxy) is 1. The second kappa shape index (κ2) is 10.9. The van der Waals surface area contributed by atoms with E-state index in [9.17, 15) is 13.2 Å². The van der Waals surface area contributed by atoms with E-state index in [0.717, 1.165) is 53.9 Å². The van der Waals surface area contributed by atoms with Gasteiger partial charge in [0.2, 0.25) is 15.9 Å². The molecule has 7 nitrogen and oxygen atoms in total. The van der Waals surface area contributed by atoms with Crippen LogP contribution in [0.25, 0.3) is 0 Å². The lowest BCUT2D eigenvalue weighted by Gasteiger charge is -2.35. The molecule has 31 heavy (non-hydrogen) atoms. The summed E-state index contributed by atoms with van der Waals surface area (Å²) in [7, 11) is -3.68. The lowest BCUT2D eigenvalue weighted by Crippen LogP contribution is -2.46. The van der Waals surface area contributed by atoms with Crippen molar-refractivity contribution in [2.45, 2.75) is 78.4 Å². The number of nitrogens with zero attached hydrogens (tertiary/aromatic N) is 1. The maximum Gasteiger partial charge on any atom is 0.241 e. The molecule has 0 bridgehead atoms. The van der Waals surface area contributed by atoms with Crippen molar-refractivity contribution in [3.63, 3.8) is 0 Å². The number of amides is 1. The molecule has 1 heterocycles. The van der Waals surface area contributed by atoms with Crippen LogP contribution in [0.15, 0.2) is 4.90 Å². The topological polar surface area (TPSA) is 87.7 Å². The van der Waals surface area contributed by atoms with Crippen LogP contribution in [0, 0.1) is 34.6 Å². The van der Waals surface area contributed by atoms with Crippen molar-refractivity contribution < 1.29 is 17.9 Å². The minimum atomic E-state index is -3.68. The van der Waals surface area contributed by atoms with E-state index in [1.54, 1.807) is 0 Å². The van der Waals surface area contributed by atoms with Crippen LogP contribution in [-0.4, -0.2) is 64.2 Å². The van der Waals surface area contributed by atoms with Crippen molar-refractivity contribution in [1.29, 1.82) is 0 Å². The molecule has 0 radical (unpaired) electrons. The van der Waals surface area contributed by atoms with Crippen LogP contribution in [0.2, 0.25) is 0 Å². The van der Waals surface area contributed by atoms with Crippen molar-refractivity contribution in [1.82, 2.24) is 14.9 Å². The predicted octanol–water partition coefficient (Wildman–Crippen LogP) is 2.51. The van der Waals surface area contributed by atoms with Gasteiger partial charge in [-0.3, -0.25) is 9.69 Å². The monoisotopic (exact) mass is 453 g/mol. The van der Waals surface area contributed by atoms with Gasteiger partial charge in [-0.05, 0) is 82.7 Å². The number of hydrogen-bond donors (Lipinski definition) is 2. The van der Waals surface area contributed by atoms with E-state index in [-0.39, 0.29) is 31.1 Å². The summed E-state index contributed by atoms with van der Waals surface area (Å²) in [5.74, 6) is -0.142. The molecule has 0 saturated carbocycles. The second-order valence-corrected chi connectivity index (χ2v) is 10.5. The molecule has 1 saturated heterocycles. The highest BCUT2D eigenvalue weighted by Crippen LogP contribution is 2.29. The Bertz CT molecular complexity index is 860. The van der Waals surface area contributed by atoms with Crippen molar-refractivity contribution in [3.8, 4) is 0 Å². The van der Waals surface area contributed by atoms with Crippen LogP contribution in [0.3, 0.4) is 0 Å². The van der Waals surface area contributed by atoms with Gasteiger partial charge >= 0.3 is 0 Å². The Morgan fingerprint density at radius 3 is 2.00 bits per heavy atom. The zero-order valence-corrected chi connectivity index (χ0v) is 20.9. The molecule has 2 N–H and O–H groups in total. The number of carbonyl (C=O) groups is 1. The second-order valence-electron chi connectivity index (χ2n) is 8.82. The number of carbonyl (C=O) groups excluding carboxylic acids is 1. The molecule has 1 aromatic carbocycles. The van der Waals surface area contributed by atoms with Gasteiger partial charge in [-0.1, -0.05) is 0 Å². The van der Waals surface area contributed by atoms with E-state index in [4.69, 9.17) is 4.74 Å². The fourth-order valence-electron chi connectivity index (χ4n) is 4.33. The minimum Gasteiger partial charge on any atom is -0.373 e. The first kappa shape index (κ1) is 25.8. The quantitative estimate of drug-likeness (QED) is 0.561. The molecule has 2 rings (SSSR count). The van der Waals surface area contributed by atoms with Crippen molar-refractivity contribution >= 4 is 15.9 Å². The molecule has 1 fully saturated rings. The molecule has 8 heteroatoms. The summed E-state index contributed by atoms with van der Waals surface area (Å²) in [5, 5.41) is 2.89. The number of rotatable bonds is 9. The Hall–Kier alpha value is -1.48. The average Bonchev–Trinajstić information content (AvgIpc) is 2.67. The summed E-state index contributed by atoms with van der Waals surface area (Å²) in [6.45, 7) is 17.1. The van der Waals surface area contributed by atoms with E-state index in [2.05, 4.69) is 28.8 Å². The summed E-state index contributed by atoms with van der Waals surface area (Å²) in [5.41, 5.74) is 4.64. The Labute approximate surface area is 188 Å². The number of hydrogen-bond acceptors (Lipinski definition) is 5. The SMILES string of the molecule is Cc1c(C)c(C)c(S(=O)(=O)NCCC(=O)NCCCN2CC(C)OC(C)C2)c(C)c1C. The van der Waals surface area contributed by atoms with Gasteiger partial charge in [-0.2, -0.15) is 0 Å². The Morgan fingerprint density at radius 2 is 1.45 bits per heavy atom. The Morgan fingerprint density at radius 1 is 0.935 bits per heavy atom. The number of morpholine rings is 1. The first-order valence-electron chi connectivity index (χ1n) is 11.1. The highest BCUT2D eigenvalue weighted by molar-refractivity contribution is 7.89. The molecule has 1 aromatic rings. The zero-order chi connectivity index (χ0) is 23.3. The van der Waals surface area contributed by atoms with Gasteiger partial charge < -0.3 is 10.1 Å². The normalized spacial score (nSPS) is 20.1. The summed E-state index contributed by atoms with van der Waals surface area (Å²) < 4.78 is 34.1. The Balaban J connectivity index is 1.79. The molecule has 1 aliphatic heterocycles. The molecule has 1 aliphatic rings. The third kappa shape index (κ3) is 6.75. The molecule has 2 atom stereocenters. The van der Waals surface area contributed by atoms with Gasteiger partial charge in [0, 0.05) is 39.1 Å². The largest absolute Gasteiger partial charge is 0.373 e. The summed E-state index contributed by atoms with van der Waals surface area (Å²) in [4.78, 5) is 14.8. The molecular formula is C23H39N3O4S. The van der Waals surface area contributed by atoms with Crippen LogP contribution in [0.4, 0.5) is 0 Å². The molecule has 176 valence electrons. The van der Waals surface area contributed by atoms with Crippen LogP contribution in [-0.2, 0) is 19.6 Å². The molecule has 0 aliphatic carbocycles. The van der Waals surface area contributed by atoms with Gasteiger partial charge in [0.15, 0.2) is 0 Å². The van der Waals surface area contributed by atoms with Crippen LogP contribution >= 0.6 is 0 Å². The lowest BCUT2D eigenvalue weighted by molar-refractivity contribution is -0.121. The average molecular weight is 454 g/mol. The van der Waals surface area contributed by atoms with Crippen molar-refractivity contribution in [2.24, 2.45) is 0 Å². The van der Waals surface area contributed by atoms with Gasteiger partial charge in [0.25, 0.3) is 0 Å². The predicted molar refractivity (Wildman–Crippen MR) is 124 cm³/mol. The molecule has 2 unspecified atom stereocenters. The Kier molecular flexibility index (Phi) is 9.06. The number of sulfonamides is 1. The third-order valence-corrected chi connectivity index (χ3v) is 8.05. The van der Waals surface area contributed by atoms with Crippen LogP contribution < -0.4 is 10.0 Å². The highest BCUT2D eigenvalue weighted by atomic mass is 32.2. The van der Waals surface area contributed by atoms with E-state index < -0.39 is 10.0 Å². The van der Waals surface area contributed by atoms with Crippen molar-refractivity contribution in [3.05, 3.63) is 27.8 Å². The summed E-state index contributed by atoms with van der Waals surface area (Å²) in [6, 6.07) is 0. The zero-order valence-electron chi connectivity index (χ0n) is 20.1. The van der Waals surface area contributed by atoms with E-state index in [0.29, 0.717) is 11.4 Å². The van der Waals surface area contributed by atoms with E-state index in [1.807, 2.05) is 34.6 Å². The first-order chi connectivity index (χ1) is 14.4. The van der Waals surface area contributed by atoms with Gasteiger partial charge in [-0.15, -0.1) is 0 Å². The number of nitrogens with one attached hydrogen (secondary N) is 2. The highest BCUT2D eigenvalue weighted by Gasteiger charge is 2.24. The molecule has 1 amide bonds. The summed E-state index contributed by atoms with van der Waals surface area (Å²) >= 11 is 0. The molecule has 0 aromatic heterocycles. The maximum absolute atomic E-state index is 12.9. The van der Waals surface area contributed by atoms with Gasteiger partial charge in [-0.25, -0.2) is 13.1 Å². The minimum absolute atomic E-state index is 0.0809. The lowest BCUT2D eigenvalue weighted by atomic mass is 9.95. The van der Waals surface area contributed by atoms with Crippen LogP contribution in [0.1, 0.15) is 54.5 Å². The van der Waals surface area contributed by atoms with E-state index >= 15 is 0 Å². The number of benzene rings is 1. The summed E-state index contributed by atoms with van der Waals surface area (Å²) in [6.07, 6.45) is 1.45.